The lowest BCUT2D eigenvalue weighted by atomic mass is 9.75. The molecule has 0 aliphatic carbocycles. The zero-order chi connectivity index (χ0) is 11.0. The average Bonchev–Trinajstić information content (AvgIpc) is 2.15. The highest BCUT2D eigenvalue weighted by atomic mass is 14.3. The summed E-state index contributed by atoms with van der Waals surface area (Å²) in [5, 5.41) is 0. The van der Waals surface area contributed by atoms with Crippen LogP contribution >= 0.6 is 0 Å². The van der Waals surface area contributed by atoms with Crippen LogP contribution in [0.5, 0.6) is 0 Å². The molecule has 0 saturated carbocycles. The van der Waals surface area contributed by atoms with Crippen LogP contribution in [0.25, 0.3) is 0 Å². The zero-order valence-corrected chi connectivity index (χ0v) is 9.97. The summed E-state index contributed by atoms with van der Waals surface area (Å²) < 4.78 is 0. The maximum absolute atomic E-state index is 3.85. The lowest BCUT2D eigenvalue weighted by Gasteiger charge is -2.29. The van der Waals surface area contributed by atoms with Crippen molar-refractivity contribution in [2.75, 3.05) is 0 Å². The summed E-state index contributed by atoms with van der Waals surface area (Å²) in [7, 11) is 0. The van der Waals surface area contributed by atoms with E-state index < -0.39 is 0 Å². The maximum atomic E-state index is 3.85. The molecule has 80 valence electrons. The second-order valence-corrected chi connectivity index (χ2v) is 4.32. The van der Waals surface area contributed by atoms with Crippen molar-refractivity contribution in [2.24, 2.45) is 5.41 Å². The molecule has 0 fully saturated rings. The molecule has 0 atom stereocenters. The molecule has 0 unspecified atom stereocenters. The number of hydrogen-bond acceptors (Lipinski definition) is 0. The SMILES string of the molecule is C=CCC(CC)(CC=C)CC=C(C)C. The van der Waals surface area contributed by atoms with E-state index in [0.29, 0.717) is 5.41 Å². The molecule has 0 radical (unpaired) electrons. The first-order chi connectivity index (χ1) is 6.60. The van der Waals surface area contributed by atoms with Crippen molar-refractivity contribution >= 4 is 0 Å². The minimum absolute atomic E-state index is 0.362. The molecule has 0 rings (SSSR count). The number of hydrogen-bond donors (Lipinski definition) is 0. The summed E-state index contributed by atoms with van der Waals surface area (Å²) in [4.78, 5) is 0. The van der Waals surface area contributed by atoms with E-state index in [-0.39, 0.29) is 0 Å². The van der Waals surface area contributed by atoms with E-state index >= 15 is 0 Å². The van der Waals surface area contributed by atoms with Crippen LogP contribution in [0.4, 0.5) is 0 Å². The molecular weight excluding hydrogens is 168 g/mol. The summed E-state index contributed by atoms with van der Waals surface area (Å²) >= 11 is 0. The number of allylic oxidation sites excluding steroid dienone is 4. The molecule has 0 saturated heterocycles. The molecule has 14 heavy (non-hydrogen) atoms. The highest BCUT2D eigenvalue weighted by molar-refractivity contribution is 5.01. The van der Waals surface area contributed by atoms with Crippen molar-refractivity contribution in [2.45, 2.75) is 46.5 Å². The van der Waals surface area contributed by atoms with Crippen LogP contribution in [-0.2, 0) is 0 Å². The van der Waals surface area contributed by atoms with E-state index in [9.17, 15) is 0 Å². The fourth-order valence-corrected chi connectivity index (χ4v) is 1.72. The monoisotopic (exact) mass is 192 g/mol. The van der Waals surface area contributed by atoms with Crippen LogP contribution in [0.1, 0.15) is 46.5 Å². The molecule has 0 aromatic carbocycles. The predicted octanol–water partition coefficient (Wildman–Crippen LogP) is 4.89. The fraction of sp³-hybridized carbons (Fsp3) is 0.571. The predicted molar refractivity (Wildman–Crippen MR) is 66.4 cm³/mol. The normalized spacial score (nSPS) is 10.8. The van der Waals surface area contributed by atoms with Crippen LogP contribution < -0.4 is 0 Å². The van der Waals surface area contributed by atoms with Crippen LogP contribution in [0.3, 0.4) is 0 Å². The van der Waals surface area contributed by atoms with Crippen molar-refractivity contribution in [3.63, 3.8) is 0 Å². The van der Waals surface area contributed by atoms with E-state index in [1.807, 2.05) is 12.2 Å². The van der Waals surface area contributed by atoms with E-state index in [2.05, 4.69) is 40.0 Å². The molecule has 0 aromatic heterocycles. The molecule has 0 aliphatic heterocycles. The van der Waals surface area contributed by atoms with Gasteiger partial charge in [-0.15, -0.1) is 13.2 Å². The van der Waals surface area contributed by atoms with Crippen LogP contribution in [0.2, 0.25) is 0 Å². The Bertz CT molecular complexity index is 194. The second kappa shape index (κ2) is 6.64. The molecule has 0 spiro atoms. The standard InChI is InChI=1S/C14H24/c1-6-10-14(8-3,11-7-2)12-9-13(4)5/h6-7,9H,1-2,8,10-12H2,3-5H3. The Morgan fingerprint density at radius 1 is 1.07 bits per heavy atom. The third-order valence-electron chi connectivity index (χ3n) is 2.85. The Morgan fingerprint density at radius 2 is 1.57 bits per heavy atom. The molecule has 0 aromatic rings. The van der Waals surface area contributed by atoms with Gasteiger partial charge in [-0.3, -0.25) is 0 Å². The Labute approximate surface area is 89.4 Å². The Balaban J connectivity index is 4.55. The van der Waals surface area contributed by atoms with Gasteiger partial charge in [-0.2, -0.15) is 0 Å². The average molecular weight is 192 g/mol. The third kappa shape index (κ3) is 4.45. The molecule has 0 heteroatoms. The summed E-state index contributed by atoms with van der Waals surface area (Å²) in [5.41, 5.74) is 1.76. The second-order valence-electron chi connectivity index (χ2n) is 4.32. The largest absolute Gasteiger partial charge is 0.103 e. The summed E-state index contributed by atoms with van der Waals surface area (Å²) in [6.07, 6.45) is 10.9. The van der Waals surface area contributed by atoms with Gasteiger partial charge < -0.3 is 0 Å². The third-order valence-corrected chi connectivity index (χ3v) is 2.85. The van der Waals surface area contributed by atoms with E-state index in [4.69, 9.17) is 0 Å². The topological polar surface area (TPSA) is 0 Å². The molecule has 0 heterocycles. The first kappa shape index (κ1) is 13.2. The summed E-state index contributed by atoms with van der Waals surface area (Å²) in [6.45, 7) is 14.3. The molecule has 0 amide bonds. The number of rotatable bonds is 7. The lowest BCUT2D eigenvalue weighted by Crippen LogP contribution is -2.17. The van der Waals surface area contributed by atoms with Gasteiger partial charge in [0.15, 0.2) is 0 Å². The molecular formula is C14H24. The van der Waals surface area contributed by atoms with Crippen LogP contribution in [0.15, 0.2) is 37.0 Å². The summed E-state index contributed by atoms with van der Waals surface area (Å²) in [5.74, 6) is 0. The smallest absolute Gasteiger partial charge is 0.0197 e. The van der Waals surface area contributed by atoms with E-state index in [1.54, 1.807) is 0 Å². The summed E-state index contributed by atoms with van der Waals surface area (Å²) in [6, 6.07) is 0. The molecule has 0 bridgehead atoms. The van der Waals surface area contributed by atoms with Gasteiger partial charge in [0.05, 0.1) is 0 Å². The zero-order valence-electron chi connectivity index (χ0n) is 9.97. The Morgan fingerprint density at radius 3 is 1.86 bits per heavy atom. The van der Waals surface area contributed by atoms with Crippen LogP contribution in [0, 0.1) is 5.41 Å². The van der Waals surface area contributed by atoms with Gasteiger partial charge in [-0.25, -0.2) is 0 Å². The van der Waals surface area contributed by atoms with Gasteiger partial charge in [-0.1, -0.05) is 30.7 Å². The van der Waals surface area contributed by atoms with Crippen molar-refractivity contribution in [3.8, 4) is 0 Å². The Kier molecular flexibility index (Phi) is 6.27. The van der Waals surface area contributed by atoms with Gasteiger partial charge in [0.1, 0.15) is 0 Å². The molecule has 0 aliphatic rings. The quantitative estimate of drug-likeness (QED) is 0.504. The van der Waals surface area contributed by atoms with Gasteiger partial charge in [-0.05, 0) is 44.9 Å². The highest BCUT2D eigenvalue weighted by Gasteiger charge is 2.23. The minimum Gasteiger partial charge on any atom is -0.103 e. The first-order valence-corrected chi connectivity index (χ1v) is 5.45. The van der Waals surface area contributed by atoms with Crippen LogP contribution in [-0.4, -0.2) is 0 Å². The maximum Gasteiger partial charge on any atom is -0.0197 e. The first-order valence-electron chi connectivity index (χ1n) is 5.45. The van der Waals surface area contributed by atoms with E-state index in [1.165, 1.54) is 12.0 Å². The van der Waals surface area contributed by atoms with Gasteiger partial charge in [0.2, 0.25) is 0 Å². The van der Waals surface area contributed by atoms with Crippen molar-refractivity contribution < 1.29 is 0 Å². The van der Waals surface area contributed by atoms with Gasteiger partial charge in [0, 0.05) is 0 Å². The fourth-order valence-electron chi connectivity index (χ4n) is 1.72. The molecule has 0 nitrogen and oxygen atoms in total. The lowest BCUT2D eigenvalue weighted by molar-refractivity contribution is 0.284. The molecule has 0 N–H and O–H groups in total. The van der Waals surface area contributed by atoms with Crippen molar-refractivity contribution in [3.05, 3.63) is 37.0 Å². The van der Waals surface area contributed by atoms with E-state index in [0.717, 1.165) is 19.3 Å². The Hall–Kier alpha value is -0.780. The van der Waals surface area contributed by atoms with Crippen molar-refractivity contribution in [1.29, 1.82) is 0 Å². The van der Waals surface area contributed by atoms with Crippen molar-refractivity contribution in [1.82, 2.24) is 0 Å². The van der Waals surface area contributed by atoms with Gasteiger partial charge >= 0.3 is 0 Å². The van der Waals surface area contributed by atoms with Gasteiger partial charge in [0.25, 0.3) is 0 Å². The minimum atomic E-state index is 0.362. The highest BCUT2D eigenvalue weighted by Crippen LogP contribution is 2.36.